The molecule has 1 heterocycles. The van der Waals surface area contributed by atoms with Crippen LogP contribution in [-0.4, -0.2) is 18.5 Å². The zero-order chi connectivity index (χ0) is 12.0. The number of nitrogens with two attached hydrogens (primary N) is 2. The fraction of sp³-hybridized carbons (Fsp3) is 0.462. The van der Waals surface area contributed by atoms with Gasteiger partial charge in [-0.1, -0.05) is 0 Å². The number of benzene rings is 1. The summed E-state index contributed by atoms with van der Waals surface area (Å²) in [5, 5.41) is 0. The molecule has 1 aliphatic carbocycles. The van der Waals surface area contributed by atoms with Crippen LogP contribution in [0.4, 0.5) is 11.4 Å². The molecule has 1 aromatic carbocycles. The molecule has 2 atom stereocenters. The molecular formula is C13H17N3O. The summed E-state index contributed by atoms with van der Waals surface area (Å²) in [5.74, 6) is 0.404. The summed E-state index contributed by atoms with van der Waals surface area (Å²) in [6, 6.07) is 6.02. The normalized spacial score (nSPS) is 26.5. The van der Waals surface area contributed by atoms with E-state index in [0.29, 0.717) is 17.3 Å². The van der Waals surface area contributed by atoms with Crippen LogP contribution in [0, 0.1) is 5.92 Å². The molecule has 2 bridgehead atoms. The van der Waals surface area contributed by atoms with Crippen LogP contribution in [0.1, 0.15) is 29.6 Å². The molecule has 1 amide bonds. The van der Waals surface area contributed by atoms with Gasteiger partial charge in [0, 0.05) is 18.2 Å². The Kier molecular flexibility index (Phi) is 2.24. The van der Waals surface area contributed by atoms with Crippen LogP contribution < -0.4 is 16.4 Å². The number of piperidine rings is 1. The van der Waals surface area contributed by atoms with Gasteiger partial charge in [0.2, 0.25) is 5.91 Å². The fourth-order valence-corrected chi connectivity index (χ4v) is 3.19. The van der Waals surface area contributed by atoms with Gasteiger partial charge in [0.15, 0.2) is 0 Å². The summed E-state index contributed by atoms with van der Waals surface area (Å²) >= 11 is 0. The maximum absolute atomic E-state index is 11.1. The molecule has 3 rings (SSSR count). The molecule has 17 heavy (non-hydrogen) atoms. The second-order valence-electron chi connectivity index (χ2n) is 5.12. The third kappa shape index (κ3) is 1.64. The number of nitrogen functional groups attached to an aromatic ring is 1. The maximum atomic E-state index is 11.1. The van der Waals surface area contributed by atoms with Crippen molar-refractivity contribution in [2.24, 2.45) is 11.7 Å². The lowest BCUT2D eigenvalue weighted by molar-refractivity contribution is 0.100. The van der Waals surface area contributed by atoms with Crippen molar-refractivity contribution in [2.45, 2.75) is 25.3 Å². The minimum Gasteiger partial charge on any atom is -0.397 e. The summed E-state index contributed by atoms with van der Waals surface area (Å²) in [5.41, 5.74) is 13.5. The Morgan fingerprint density at radius 3 is 2.71 bits per heavy atom. The van der Waals surface area contributed by atoms with Gasteiger partial charge in [0.1, 0.15) is 0 Å². The summed E-state index contributed by atoms with van der Waals surface area (Å²) in [6.45, 7) is 1.10. The van der Waals surface area contributed by atoms with Crippen molar-refractivity contribution in [3.63, 3.8) is 0 Å². The molecule has 4 N–H and O–H groups in total. The van der Waals surface area contributed by atoms with E-state index >= 15 is 0 Å². The van der Waals surface area contributed by atoms with Gasteiger partial charge in [0.25, 0.3) is 0 Å². The lowest BCUT2D eigenvalue weighted by Gasteiger charge is -2.30. The monoisotopic (exact) mass is 231 g/mol. The number of carbonyl (C=O) groups is 1. The van der Waals surface area contributed by atoms with Gasteiger partial charge in [-0.15, -0.1) is 0 Å². The van der Waals surface area contributed by atoms with Crippen LogP contribution >= 0.6 is 0 Å². The van der Waals surface area contributed by atoms with E-state index in [2.05, 4.69) is 4.90 Å². The largest absolute Gasteiger partial charge is 0.397 e. The minimum atomic E-state index is -0.425. The fourth-order valence-electron chi connectivity index (χ4n) is 3.19. The van der Waals surface area contributed by atoms with E-state index in [0.717, 1.165) is 18.2 Å². The van der Waals surface area contributed by atoms with Crippen molar-refractivity contribution < 1.29 is 4.79 Å². The molecular weight excluding hydrogens is 214 g/mol. The number of amides is 1. The summed E-state index contributed by atoms with van der Waals surface area (Å²) < 4.78 is 0. The van der Waals surface area contributed by atoms with Crippen molar-refractivity contribution in [2.75, 3.05) is 17.2 Å². The van der Waals surface area contributed by atoms with Gasteiger partial charge < -0.3 is 16.4 Å². The average molecular weight is 231 g/mol. The first-order valence-corrected chi connectivity index (χ1v) is 6.11. The number of nitrogens with zero attached hydrogens (tertiary/aromatic N) is 1. The summed E-state index contributed by atoms with van der Waals surface area (Å²) in [7, 11) is 0. The van der Waals surface area contributed by atoms with E-state index in [9.17, 15) is 4.79 Å². The van der Waals surface area contributed by atoms with E-state index < -0.39 is 5.91 Å². The third-order valence-corrected chi connectivity index (χ3v) is 4.03. The minimum absolute atomic E-state index is 0.425. The van der Waals surface area contributed by atoms with Crippen LogP contribution in [-0.2, 0) is 0 Å². The summed E-state index contributed by atoms with van der Waals surface area (Å²) in [6.07, 6.45) is 3.90. The van der Waals surface area contributed by atoms with E-state index in [1.807, 2.05) is 6.07 Å². The Bertz CT molecular complexity index is 472. The Balaban J connectivity index is 1.91. The molecule has 4 heteroatoms. The average Bonchev–Trinajstić information content (AvgIpc) is 2.90. The number of hydrogen-bond acceptors (Lipinski definition) is 3. The van der Waals surface area contributed by atoms with Crippen LogP contribution in [0.15, 0.2) is 18.2 Å². The number of anilines is 2. The van der Waals surface area contributed by atoms with Crippen LogP contribution in [0.25, 0.3) is 0 Å². The molecule has 1 aromatic rings. The highest BCUT2D eigenvalue weighted by molar-refractivity contribution is 5.95. The van der Waals surface area contributed by atoms with Gasteiger partial charge >= 0.3 is 0 Å². The SMILES string of the molecule is NC(=O)c1ccc(N2CC3CCC2C3)c(N)c1. The first kappa shape index (κ1) is 10.4. The molecule has 1 saturated heterocycles. The molecule has 0 aromatic heterocycles. The second kappa shape index (κ2) is 3.65. The number of rotatable bonds is 2. The number of carbonyl (C=O) groups excluding carboxylic acids is 1. The van der Waals surface area contributed by atoms with Crippen molar-refractivity contribution >= 4 is 17.3 Å². The predicted octanol–water partition coefficient (Wildman–Crippen LogP) is 1.36. The third-order valence-electron chi connectivity index (χ3n) is 4.03. The Hall–Kier alpha value is -1.71. The predicted molar refractivity (Wildman–Crippen MR) is 67.8 cm³/mol. The molecule has 2 fully saturated rings. The van der Waals surface area contributed by atoms with Crippen molar-refractivity contribution in [3.8, 4) is 0 Å². The van der Waals surface area contributed by atoms with Gasteiger partial charge in [-0.3, -0.25) is 4.79 Å². The van der Waals surface area contributed by atoms with Gasteiger partial charge in [-0.05, 0) is 43.4 Å². The topological polar surface area (TPSA) is 72.4 Å². The maximum Gasteiger partial charge on any atom is 0.248 e. The Morgan fingerprint density at radius 1 is 1.35 bits per heavy atom. The number of hydrogen-bond donors (Lipinski definition) is 2. The highest BCUT2D eigenvalue weighted by Gasteiger charge is 2.38. The molecule has 0 spiro atoms. The highest BCUT2D eigenvalue weighted by atomic mass is 16.1. The Morgan fingerprint density at radius 2 is 2.18 bits per heavy atom. The van der Waals surface area contributed by atoms with E-state index in [4.69, 9.17) is 11.5 Å². The number of primary amides is 1. The smallest absolute Gasteiger partial charge is 0.248 e. The number of fused-ring (bicyclic) bond motifs is 2. The van der Waals surface area contributed by atoms with E-state index in [-0.39, 0.29) is 0 Å². The first-order chi connectivity index (χ1) is 8.15. The van der Waals surface area contributed by atoms with Crippen molar-refractivity contribution in [3.05, 3.63) is 23.8 Å². The van der Waals surface area contributed by atoms with Crippen molar-refractivity contribution in [1.82, 2.24) is 0 Å². The molecule has 1 saturated carbocycles. The quantitative estimate of drug-likeness (QED) is 0.755. The second-order valence-corrected chi connectivity index (χ2v) is 5.12. The van der Waals surface area contributed by atoms with Crippen molar-refractivity contribution in [1.29, 1.82) is 0 Å². The Labute approximate surface area is 101 Å². The zero-order valence-corrected chi connectivity index (χ0v) is 9.73. The van der Waals surface area contributed by atoms with Gasteiger partial charge in [-0.25, -0.2) is 0 Å². The van der Waals surface area contributed by atoms with Crippen LogP contribution in [0.3, 0.4) is 0 Å². The molecule has 0 radical (unpaired) electrons. The van der Waals surface area contributed by atoms with Gasteiger partial charge in [0.05, 0.1) is 11.4 Å². The van der Waals surface area contributed by atoms with E-state index in [1.165, 1.54) is 19.3 Å². The molecule has 90 valence electrons. The lowest BCUT2D eigenvalue weighted by atomic mass is 10.1. The summed E-state index contributed by atoms with van der Waals surface area (Å²) in [4.78, 5) is 13.4. The zero-order valence-electron chi connectivity index (χ0n) is 9.73. The van der Waals surface area contributed by atoms with Crippen LogP contribution in [0.2, 0.25) is 0 Å². The molecule has 4 nitrogen and oxygen atoms in total. The van der Waals surface area contributed by atoms with Gasteiger partial charge in [-0.2, -0.15) is 0 Å². The van der Waals surface area contributed by atoms with Crippen LogP contribution in [0.5, 0.6) is 0 Å². The standard InChI is InChI=1S/C13H17N3O/c14-11-6-9(13(15)17)2-4-12(11)16-7-8-1-3-10(16)5-8/h2,4,6,8,10H,1,3,5,7,14H2,(H2,15,17). The highest BCUT2D eigenvalue weighted by Crippen LogP contribution is 2.41. The first-order valence-electron chi connectivity index (χ1n) is 6.11. The molecule has 2 unspecified atom stereocenters. The lowest BCUT2D eigenvalue weighted by Crippen LogP contribution is -2.32. The van der Waals surface area contributed by atoms with E-state index in [1.54, 1.807) is 12.1 Å². The molecule has 2 aliphatic rings. The molecule has 1 aliphatic heterocycles.